The number of fused-ring (bicyclic) bond motifs is 2. The van der Waals surface area contributed by atoms with Gasteiger partial charge in [-0.15, -0.1) is 0 Å². The van der Waals surface area contributed by atoms with Crippen LogP contribution in [0.2, 0.25) is 78.6 Å². The molecule has 2 aliphatic rings. The second-order valence-electron chi connectivity index (χ2n) is 27.9. The van der Waals surface area contributed by atoms with Gasteiger partial charge in [-0.05, 0) is 0 Å². The van der Waals surface area contributed by atoms with E-state index >= 15 is 0 Å². The van der Waals surface area contributed by atoms with E-state index in [1.165, 1.54) is 44.5 Å². The van der Waals surface area contributed by atoms with Gasteiger partial charge >= 0.3 is 406 Å². The van der Waals surface area contributed by atoms with Gasteiger partial charge in [0.25, 0.3) is 0 Å². The molecule has 0 radical (unpaired) electrons. The molecule has 63 heavy (non-hydrogen) atoms. The van der Waals surface area contributed by atoms with Crippen LogP contribution in [0.5, 0.6) is 0 Å². The van der Waals surface area contributed by atoms with Crippen LogP contribution in [0.25, 0.3) is 23.3 Å². The van der Waals surface area contributed by atoms with Gasteiger partial charge in [-0.2, -0.15) is 0 Å². The first-order valence-electron chi connectivity index (χ1n) is 24.2. The van der Waals surface area contributed by atoms with Crippen molar-refractivity contribution in [1.29, 1.82) is 0 Å². The van der Waals surface area contributed by atoms with Gasteiger partial charge in [-0.3, -0.25) is 0 Å². The molecule has 0 N–H and O–H groups in total. The Morgan fingerprint density at radius 2 is 0.571 bits per heavy atom. The molecule has 4 aromatic rings. The van der Waals surface area contributed by atoms with Crippen LogP contribution in [-0.4, -0.2) is 32.3 Å². The summed E-state index contributed by atoms with van der Waals surface area (Å²) in [6, 6.07) is 26.5. The van der Waals surface area contributed by atoms with E-state index in [0.717, 1.165) is 0 Å². The van der Waals surface area contributed by atoms with Crippen molar-refractivity contribution >= 4 is 76.3 Å². The second-order valence-corrected chi connectivity index (χ2v) is 51.7. The topological polar surface area (TPSA) is 0 Å². The normalized spacial score (nSPS) is 17.7. The van der Waals surface area contributed by atoms with E-state index in [9.17, 15) is 0 Å². The van der Waals surface area contributed by atoms with Gasteiger partial charge in [0, 0.05) is 0 Å². The Balaban J connectivity index is 1.71. The summed E-state index contributed by atoms with van der Waals surface area (Å²) >= 11 is -1.36. The molecule has 0 saturated carbocycles. The fourth-order valence-corrected chi connectivity index (χ4v) is 25.1. The van der Waals surface area contributed by atoms with Crippen molar-refractivity contribution in [3.05, 3.63) is 116 Å². The van der Waals surface area contributed by atoms with Gasteiger partial charge in [0.1, 0.15) is 0 Å². The number of hydrogen-bond acceptors (Lipinski definition) is 0. The van der Waals surface area contributed by atoms with Crippen LogP contribution in [0.4, 0.5) is 0 Å². The zero-order valence-corrected chi connectivity index (χ0v) is 51.0. The molecule has 2 unspecified atom stereocenters. The van der Waals surface area contributed by atoms with Gasteiger partial charge < -0.3 is 0 Å². The fraction of sp³-hybridized carbons (Fsp3) is 0.517. The van der Waals surface area contributed by atoms with Crippen LogP contribution in [0.15, 0.2) is 60.7 Å². The Bertz CT molecular complexity index is 2250. The third-order valence-electron chi connectivity index (χ3n) is 13.9. The molecule has 0 nitrogen and oxygen atoms in total. The Labute approximate surface area is 403 Å². The molecule has 0 heterocycles. The number of hydrogen-bond donors (Lipinski definition) is 0. The minimum atomic E-state index is -1.67. The van der Waals surface area contributed by atoms with E-state index < -0.39 is 55.5 Å². The summed E-state index contributed by atoms with van der Waals surface area (Å²) in [5.74, 6) is 0. The summed E-state index contributed by atoms with van der Waals surface area (Å²) in [5.41, 5.74) is 18.5. The Morgan fingerprint density at radius 1 is 0.333 bits per heavy atom. The predicted molar refractivity (Wildman–Crippen MR) is 294 cm³/mol. The van der Waals surface area contributed by atoms with Crippen LogP contribution in [0, 0.1) is 0 Å². The Hall–Kier alpha value is -1.89. The first kappa shape index (κ1) is 50.5. The van der Waals surface area contributed by atoms with Crippen LogP contribution < -0.4 is 20.7 Å². The molecule has 0 amide bonds. The zero-order valence-electron chi connectivity index (χ0n) is 44.6. The second kappa shape index (κ2) is 16.4. The molecule has 5 heteroatoms. The van der Waals surface area contributed by atoms with Gasteiger partial charge in [0.05, 0.1) is 0 Å². The molecule has 4 aromatic carbocycles. The van der Waals surface area contributed by atoms with Crippen molar-refractivity contribution < 1.29 is 23.2 Å². The van der Waals surface area contributed by atoms with Gasteiger partial charge in [0.2, 0.25) is 0 Å². The number of allylic oxidation sites excluding steroid dienone is 2. The van der Waals surface area contributed by atoms with E-state index in [1.807, 2.05) is 0 Å². The predicted octanol–water partition coefficient (Wildman–Crippen LogP) is 15.0. The molecule has 2 aliphatic carbocycles. The molecule has 338 valence electrons. The van der Waals surface area contributed by atoms with E-state index in [0.29, 0.717) is 7.25 Å². The van der Waals surface area contributed by atoms with Crippen molar-refractivity contribution in [1.82, 2.24) is 0 Å². The average molecular weight is 987 g/mol. The maximum absolute atomic E-state index is 2.81. The SMILES string of the molecule is CC(C)(C)c1cc(C2=Cc3cc([Si](C)(C)C)c([Si](C)(C)C)cc3[CH]2[Zr][CH]2C(c3cc(C(C)(C)C)cc(C(C)(C)C)c3)=Cc3cc([Si](C)(C)C)c([Si](C)(C)C)cc32)cc(C(C)(C)C)c1. The van der Waals surface area contributed by atoms with E-state index in [2.05, 4.69) is 234 Å². The summed E-state index contributed by atoms with van der Waals surface area (Å²) in [4.78, 5) is 0. The summed E-state index contributed by atoms with van der Waals surface area (Å²) in [5, 5.41) is 6.82. The van der Waals surface area contributed by atoms with Gasteiger partial charge in [-0.1, -0.05) is 0 Å². The van der Waals surface area contributed by atoms with Crippen LogP contribution in [-0.2, 0) is 44.9 Å². The first-order chi connectivity index (χ1) is 28.3. The van der Waals surface area contributed by atoms with Gasteiger partial charge in [0.15, 0.2) is 0 Å². The van der Waals surface area contributed by atoms with Crippen molar-refractivity contribution in [3.8, 4) is 0 Å². The van der Waals surface area contributed by atoms with Crippen molar-refractivity contribution in [2.75, 3.05) is 0 Å². The monoisotopic (exact) mass is 984 g/mol. The quantitative estimate of drug-likeness (QED) is 0.154. The molecule has 0 aliphatic heterocycles. The van der Waals surface area contributed by atoms with Crippen LogP contribution in [0.1, 0.15) is 146 Å². The van der Waals surface area contributed by atoms with Crippen LogP contribution >= 0.6 is 0 Å². The Morgan fingerprint density at radius 3 is 0.794 bits per heavy atom. The van der Waals surface area contributed by atoms with E-state index in [1.54, 1.807) is 43.0 Å². The molecule has 0 saturated heterocycles. The minimum absolute atomic E-state index is 0.0535. The molecule has 2 atom stereocenters. The third kappa shape index (κ3) is 10.6. The third-order valence-corrected chi connectivity index (χ3v) is 27.2. The number of rotatable bonds is 8. The molecule has 6 rings (SSSR count). The van der Waals surface area contributed by atoms with E-state index in [4.69, 9.17) is 0 Å². The first-order valence-corrected chi connectivity index (χ1v) is 41.0. The molecule has 0 spiro atoms. The zero-order chi connectivity index (χ0) is 47.6. The standard InChI is InChI=1S/2C29H43Si2.Zr/c2*1-28(2,3)24-15-23(16-25(19-24)29(4,5)6)20-13-21-17-26(30(7,8)9)27(31(10,11)12)18-22(21)14-20;/h2*13-19H,1-12H3;. The Kier molecular flexibility index (Phi) is 13.2. The van der Waals surface area contributed by atoms with Gasteiger partial charge in [-0.25, -0.2) is 0 Å². The van der Waals surface area contributed by atoms with E-state index in [-0.39, 0.29) is 21.7 Å². The summed E-state index contributed by atoms with van der Waals surface area (Å²) in [6.07, 6.45) is 5.40. The van der Waals surface area contributed by atoms with Crippen molar-refractivity contribution in [2.45, 2.75) is 191 Å². The summed E-state index contributed by atoms with van der Waals surface area (Å²) in [7, 11) is -6.60. The molecule has 0 aromatic heterocycles. The molecule has 0 fully saturated rings. The fourth-order valence-electron chi connectivity index (χ4n) is 9.68. The molecule has 0 bridgehead atoms. The summed E-state index contributed by atoms with van der Waals surface area (Å²) in [6.45, 7) is 59.8. The average Bonchev–Trinajstić information content (AvgIpc) is 3.65. The van der Waals surface area contributed by atoms with Crippen molar-refractivity contribution in [2.24, 2.45) is 0 Å². The molecular formula is C58H86Si4Zr. The number of benzene rings is 4. The summed E-state index contributed by atoms with van der Waals surface area (Å²) < 4.78 is 0.883. The molecular weight excluding hydrogens is 900 g/mol. The van der Waals surface area contributed by atoms with Crippen LogP contribution in [0.3, 0.4) is 0 Å². The van der Waals surface area contributed by atoms with Crippen molar-refractivity contribution in [3.63, 3.8) is 0 Å². The maximum atomic E-state index is 2.81.